The quantitative estimate of drug-likeness (QED) is 0.846. The van der Waals surface area contributed by atoms with E-state index in [1.54, 1.807) is 38.9 Å². The fourth-order valence-corrected chi connectivity index (χ4v) is 4.51. The smallest absolute Gasteiger partial charge is 0.262 e. The molecule has 1 heterocycles. The Labute approximate surface area is 127 Å². The Kier molecular flexibility index (Phi) is 3.75. The number of hydrogen-bond acceptors (Lipinski definition) is 4. The van der Waals surface area contributed by atoms with Gasteiger partial charge in [-0.3, -0.25) is 0 Å². The molecule has 2 unspecified atom stereocenters. The van der Waals surface area contributed by atoms with E-state index in [1.165, 1.54) is 4.31 Å². The fraction of sp³-hybridized carbons (Fsp3) is 0.786. The molecule has 0 aliphatic heterocycles. The summed E-state index contributed by atoms with van der Waals surface area (Å²) in [5.41, 5.74) is -0.561. The number of aromatic nitrogens is 2. The van der Waals surface area contributed by atoms with Crippen molar-refractivity contribution in [2.45, 2.75) is 50.8 Å². The predicted molar refractivity (Wildman–Crippen MR) is 80.5 cm³/mol. The van der Waals surface area contributed by atoms with Crippen LogP contribution in [-0.4, -0.2) is 48.1 Å². The van der Waals surface area contributed by atoms with Gasteiger partial charge in [-0.25, -0.2) is 13.4 Å². The third kappa shape index (κ3) is 2.22. The van der Waals surface area contributed by atoms with Gasteiger partial charge in [0, 0.05) is 38.9 Å². The molecule has 0 N–H and O–H groups in total. The van der Waals surface area contributed by atoms with Crippen LogP contribution in [0.3, 0.4) is 0 Å². The Hall–Kier alpha value is -0.920. The third-order valence-electron chi connectivity index (χ3n) is 5.40. The summed E-state index contributed by atoms with van der Waals surface area (Å²) in [6.45, 7) is 7.89. The summed E-state index contributed by atoms with van der Waals surface area (Å²) < 4.78 is 34.2. The summed E-state index contributed by atoms with van der Waals surface area (Å²) in [5.74, 6) is 0.677. The van der Waals surface area contributed by atoms with Crippen LogP contribution in [0, 0.1) is 12.3 Å². The minimum atomic E-state index is -3.58. The van der Waals surface area contributed by atoms with Crippen LogP contribution >= 0.6 is 0 Å². The van der Waals surface area contributed by atoms with Crippen molar-refractivity contribution >= 4 is 10.0 Å². The lowest BCUT2D eigenvalue weighted by atomic mass is 9.56. The van der Waals surface area contributed by atoms with Gasteiger partial charge in [-0.15, -0.1) is 0 Å². The summed E-state index contributed by atoms with van der Waals surface area (Å²) in [7, 11) is 1.51. The summed E-state index contributed by atoms with van der Waals surface area (Å²) in [4.78, 5) is 4.15. The summed E-state index contributed by atoms with van der Waals surface area (Å²) >= 11 is 0. The lowest BCUT2D eigenvalue weighted by Gasteiger charge is -2.60. The van der Waals surface area contributed by atoms with Gasteiger partial charge in [-0.2, -0.15) is 4.31 Å². The molecule has 0 aromatic carbocycles. The van der Waals surface area contributed by atoms with Crippen LogP contribution in [0.25, 0.3) is 0 Å². The van der Waals surface area contributed by atoms with Crippen LogP contribution in [0.2, 0.25) is 0 Å². The minimum absolute atomic E-state index is 0.102. The molecule has 1 aliphatic carbocycles. The molecule has 7 heteroatoms. The van der Waals surface area contributed by atoms with Gasteiger partial charge in [-0.1, -0.05) is 13.8 Å². The standard InChI is InChI=1S/C14H25N3O3S/c1-10-15-12(9-16(10)5)21(18,19)17(6)11-8-14(4,20-7)13(11,2)3/h9,11H,8H2,1-7H3. The number of imidazole rings is 1. The maximum atomic E-state index is 12.7. The van der Waals surface area contributed by atoms with E-state index in [1.807, 2.05) is 20.8 Å². The Balaban J connectivity index is 2.31. The SMILES string of the molecule is COC1(C)CC(N(C)S(=O)(=O)c2cn(C)c(C)n2)C1(C)C. The predicted octanol–water partition coefficient (Wildman–Crippen LogP) is 1.55. The highest BCUT2D eigenvalue weighted by Gasteiger charge is 2.60. The second kappa shape index (κ2) is 4.79. The average Bonchev–Trinajstić information content (AvgIpc) is 2.75. The first-order valence-corrected chi connectivity index (χ1v) is 8.44. The van der Waals surface area contributed by atoms with Gasteiger partial charge in [-0.05, 0) is 20.3 Å². The minimum Gasteiger partial charge on any atom is -0.378 e. The van der Waals surface area contributed by atoms with E-state index in [0.29, 0.717) is 12.2 Å². The van der Waals surface area contributed by atoms with Crippen LogP contribution in [0.15, 0.2) is 11.2 Å². The average molecular weight is 315 g/mol. The molecular weight excluding hydrogens is 290 g/mol. The number of rotatable bonds is 4. The number of aryl methyl sites for hydroxylation is 2. The lowest BCUT2D eigenvalue weighted by molar-refractivity contribution is -0.193. The number of hydrogen-bond donors (Lipinski definition) is 0. The van der Waals surface area contributed by atoms with E-state index in [9.17, 15) is 8.42 Å². The zero-order valence-electron chi connectivity index (χ0n) is 13.8. The molecule has 2 atom stereocenters. The summed E-state index contributed by atoms with van der Waals surface area (Å²) in [5, 5.41) is 0.104. The molecule has 120 valence electrons. The Morgan fingerprint density at radius 3 is 2.38 bits per heavy atom. The van der Waals surface area contributed by atoms with Crippen molar-refractivity contribution in [1.29, 1.82) is 0 Å². The molecule has 1 aliphatic rings. The number of nitrogens with zero attached hydrogens (tertiary/aromatic N) is 3. The van der Waals surface area contributed by atoms with Crippen molar-refractivity contribution in [3.63, 3.8) is 0 Å². The number of sulfonamides is 1. The van der Waals surface area contributed by atoms with Gasteiger partial charge in [0.1, 0.15) is 5.82 Å². The maximum absolute atomic E-state index is 12.7. The molecule has 0 radical (unpaired) electrons. The van der Waals surface area contributed by atoms with Crippen LogP contribution in [0.1, 0.15) is 33.0 Å². The monoisotopic (exact) mass is 315 g/mol. The summed E-state index contributed by atoms with van der Waals surface area (Å²) in [6.07, 6.45) is 2.24. The van der Waals surface area contributed by atoms with Crippen LogP contribution < -0.4 is 0 Å². The van der Waals surface area contributed by atoms with Gasteiger partial charge in [0.2, 0.25) is 0 Å². The highest BCUT2D eigenvalue weighted by atomic mass is 32.2. The Bertz CT molecular complexity index is 631. The molecular formula is C14H25N3O3S. The van der Waals surface area contributed by atoms with Crippen molar-refractivity contribution in [3.05, 3.63) is 12.0 Å². The van der Waals surface area contributed by atoms with Crippen molar-refractivity contribution in [2.75, 3.05) is 14.2 Å². The molecule has 1 saturated carbocycles. The maximum Gasteiger partial charge on any atom is 0.262 e. The molecule has 0 amide bonds. The number of methoxy groups -OCH3 is 1. The third-order valence-corrected chi connectivity index (χ3v) is 7.14. The fourth-order valence-electron chi connectivity index (χ4n) is 3.00. The van der Waals surface area contributed by atoms with E-state index in [2.05, 4.69) is 4.98 Å². The zero-order valence-corrected chi connectivity index (χ0v) is 14.7. The highest BCUT2D eigenvalue weighted by molar-refractivity contribution is 7.89. The first kappa shape index (κ1) is 16.5. The molecule has 0 bridgehead atoms. The van der Waals surface area contributed by atoms with Crippen LogP contribution in [0.4, 0.5) is 0 Å². The molecule has 1 aromatic rings. The second-order valence-corrected chi connectivity index (χ2v) is 8.58. The van der Waals surface area contributed by atoms with Crippen LogP contribution in [-0.2, 0) is 21.8 Å². The Morgan fingerprint density at radius 1 is 1.43 bits per heavy atom. The lowest BCUT2D eigenvalue weighted by Crippen LogP contribution is -2.68. The first-order chi connectivity index (χ1) is 9.47. The Morgan fingerprint density at radius 2 is 2.00 bits per heavy atom. The van der Waals surface area contributed by atoms with E-state index in [0.717, 1.165) is 0 Å². The normalized spacial score (nSPS) is 28.7. The van der Waals surface area contributed by atoms with E-state index < -0.39 is 10.0 Å². The van der Waals surface area contributed by atoms with E-state index >= 15 is 0 Å². The summed E-state index contributed by atoms with van der Waals surface area (Å²) in [6, 6.07) is -0.102. The second-order valence-electron chi connectivity index (χ2n) is 6.64. The van der Waals surface area contributed by atoms with Crippen molar-refractivity contribution in [2.24, 2.45) is 12.5 Å². The van der Waals surface area contributed by atoms with E-state index in [-0.39, 0.29) is 22.1 Å². The van der Waals surface area contributed by atoms with Crippen LogP contribution in [0.5, 0.6) is 0 Å². The first-order valence-electron chi connectivity index (χ1n) is 7.00. The molecule has 6 nitrogen and oxygen atoms in total. The van der Waals surface area contributed by atoms with Crippen molar-refractivity contribution in [3.8, 4) is 0 Å². The molecule has 0 saturated heterocycles. The molecule has 21 heavy (non-hydrogen) atoms. The van der Waals surface area contributed by atoms with Gasteiger partial charge in [0.05, 0.1) is 5.60 Å². The molecule has 2 rings (SSSR count). The van der Waals surface area contributed by atoms with Gasteiger partial charge < -0.3 is 9.30 Å². The van der Waals surface area contributed by atoms with Gasteiger partial charge in [0.15, 0.2) is 5.03 Å². The largest absolute Gasteiger partial charge is 0.378 e. The van der Waals surface area contributed by atoms with E-state index in [4.69, 9.17) is 4.74 Å². The topological polar surface area (TPSA) is 64.4 Å². The van der Waals surface area contributed by atoms with Gasteiger partial charge in [0.25, 0.3) is 10.0 Å². The van der Waals surface area contributed by atoms with Gasteiger partial charge >= 0.3 is 0 Å². The molecule has 0 spiro atoms. The highest BCUT2D eigenvalue weighted by Crippen LogP contribution is 2.54. The molecule has 1 fully saturated rings. The molecule has 1 aromatic heterocycles. The zero-order chi connectivity index (χ0) is 16.2. The van der Waals surface area contributed by atoms with Crippen molar-refractivity contribution in [1.82, 2.24) is 13.9 Å². The van der Waals surface area contributed by atoms with Crippen molar-refractivity contribution < 1.29 is 13.2 Å². The number of ether oxygens (including phenoxy) is 1.